The van der Waals surface area contributed by atoms with Crippen molar-refractivity contribution in [2.75, 3.05) is 18.0 Å². The van der Waals surface area contributed by atoms with E-state index in [-0.39, 0.29) is 0 Å². The van der Waals surface area contributed by atoms with Crippen LogP contribution in [0.1, 0.15) is 52.6 Å². The predicted molar refractivity (Wildman–Crippen MR) is 81.3 cm³/mol. The summed E-state index contributed by atoms with van der Waals surface area (Å²) in [5.74, 6) is 0. The highest BCUT2D eigenvalue weighted by atomic mass is 15.2. The summed E-state index contributed by atoms with van der Waals surface area (Å²) in [6, 6.07) is 9.72. The van der Waals surface area contributed by atoms with Crippen molar-refractivity contribution in [3.05, 3.63) is 29.8 Å². The molecule has 0 aliphatic rings. The molecule has 1 unspecified atom stereocenters. The van der Waals surface area contributed by atoms with E-state index in [9.17, 15) is 0 Å². The minimum Gasteiger partial charge on any atom is -0.369 e. The van der Waals surface area contributed by atoms with Crippen LogP contribution in [0.2, 0.25) is 0 Å². The third-order valence-corrected chi connectivity index (χ3v) is 3.31. The zero-order valence-corrected chi connectivity index (χ0v) is 12.5. The third-order valence-electron chi connectivity index (χ3n) is 3.31. The molecular weight excluding hydrogens is 220 g/mol. The number of rotatable bonds is 7. The largest absolute Gasteiger partial charge is 0.369 e. The first-order valence-corrected chi connectivity index (χ1v) is 7.20. The van der Waals surface area contributed by atoms with E-state index in [4.69, 9.17) is 0 Å². The zero-order chi connectivity index (χ0) is 13.5. The maximum absolute atomic E-state index is 3.51. The van der Waals surface area contributed by atoms with Gasteiger partial charge in [-0.1, -0.05) is 32.0 Å². The molecule has 1 rings (SSSR count). The Kier molecular flexibility index (Phi) is 6.20. The van der Waals surface area contributed by atoms with Crippen molar-refractivity contribution in [2.45, 2.75) is 53.1 Å². The van der Waals surface area contributed by atoms with Gasteiger partial charge in [-0.05, 0) is 45.4 Å². The molecule has 0 spiro atoms. The number of hydrogen-bond acceptors (Lipinski definition) is 2. The highest BCUT2D eigenvalue weighted by Gasteiger charge is 2.16. The van der Waals surface area contributed by atoms with Crippen LogP contribution >= 0.6 is 0 Å². The van der Waals surface area contributed by atoms with Gasteiger partial charge in [-0.25, -0.2) is 0 Å². The second-order valence-electron chi connectivity index (χ2n) is 5.13. The van der Waals surface area contributed by atoms with E-state index in [1.165, 1.54) is 17.7 Å². The third kappa shape index (κ3) is 3.74. The Bertz CT molecular complexity index is 347. The van der Waals surface area contributed by atoms with Gasteiger partial charge in [-0.15, -0.1) is 0 Å². The summed E-state index contributed by atoms with van der Waals surface area (Å²) in [4.78, 5) is 2.50. The Morgan fingerprint density at radius 1 is 1.11 bits per heavy atom. The van der Waals surface area contributed by atoms with E-state index in [0.717, 1.165) is 13.1 Å². The second-order valence-corrected chi connectivity index (χ2v) is 5.13. The van der Waals surface area contributed by atoms with Crippen LogP contribution in [0.15, 0.2) is 24.3 Å². The maximum atomic E-state index is 3.51. The van der Waals surface area contributed by atoms with E-state index in [1.807, 2.05) is 0 Å². The highest BCUT2D eigenvalue weighted by molar-refractivity contribution is 5.55. The van der Waals surface area contributed by atoms with Gasteiger partial charge in [0.05, 0.1) is 0 Å². The van der Waals surface area contributed by atoms with E-state index in [2.05, 4.69) is 69.1 Å². The summed E-state index contributed by atoms with van der Waals surface area (Å²) in [5.41, 5.74) is 2.78. The monoisotopic (exact) mass is 248 g/mol. The molecule has 0 radical (unpaired) electrons. The lowest BCUT2D eigenvalue weighted by Gasteiger charge is -2.32. The van der Waals surface area contributed by atoms with Gasteiger partial charge in [0.2, 0.25) is 0 Å². The molecular formula is C16H28N2. The van der Waals surface area contributed by atoms with E-state index < -0.39 is 0 Å². The molecule has 2 heteroatoms. The summed E-state index contributed by atoms with van der Waals surface area (Å²) < 4.78 is 0. The minimum atomic E-state index is 0.407. The number of hydrogen-bond donors (Lipinski definition) is 1. The SMILES string of the molecule is CCCN(c1ccccc1C(C)NCC)C(C)C. The van der Waals surface area contributed by atoms with E-state index in [0.29, 0.717) is 12.1 Å². The smallest absolute Gasteiger partial charge is 0.0416 e. The van der Waals surface area contributed by atoms with Crippen LogP contribution in [0, 0.1) is 0 Å². The highest BCUT2D eigenvalue weighted by Crippen LogP contribution is 2.27. The molecule has 0 aromatic heterocycles. The van der Waals surface area contributed by atoms with Gasteiger partial charge in [0.1, 0.15) is 0 Å². The fourth-order valence-corrected chi connectivity index (χ4v) is 2.43. The molecule has 0 fully saturated rings. The Balaban J connectivity index is 3.05. The molecule has 0 saturated carbocycles. The molecule has 2 nitrogen and oxygen atoms in total. The van der Waals surface area contributed by atoms with Gasteiger partial charge < -0.3 is 10.2 Å². The fourth-order valence-electron chi connectivity index (χ4n) is 2.43. The first-order valence-electron chi connectivity index (χ1n) is 7.20. The van der Waals surface area contributed by atoms with Gasteiger partial charge in [-0.2, -0.15) is 0 Å². The number of para-hydroxylation sites is 1. The van der Waals surface area contributed by atoms with Crippen molar-refractivity contribution >= 4 is 5.69 Å². The van der Waals surface area contributed by atoms with Crippen LogP contribution in [0.3, 0.4) is 0 Å². The molecule has 102 valence electrons. The fraction of sp³-hybridized carbons (Fsp3) is 0.625. The van der Waals surface area contributed by atoms with Crippen LogP contribution in [0.4, 0.5) is 5.69 Å². The van der Waals surface area contributed by atoms with Gasteiger partial charge in [-0.3, -0.25) is 0 Å². The van der Waals surface area contributed by atoms with Crippen molar-refractivity contribution in [2.24, 2.45) is 0 Å². The van der Waals surface area contributed by atoms with Crippen molar-refractivity contribution in [3.63, 3.8) is 0 Å². The van der Waals surface area contributed by atoms with Gasteiger partial charge in [0, 0.05) is 24.3 Å². The maximum Gasteiger partial charge on any atom is 0.0416 e. The Morgan fingerprint density at radius 2 is 1.78 bits per heavy atom. The zero-order valence-electron chi connectivity index (χ0n) is 12.5. The van der Waals surface area contributed by atoms with E-state index >= 15 is 0 Å². The summed E-state index contributed by atoms with van der Waals surface area (Å²) in [6.45, 7) is 13.3. The van der Waals surface area contributed by atoms with Gasteiger partial charge in [0.15, 0.2) is 0 Å². The van der Waals surface area contributed by atoms with Crippen LogP contribution in [-0.4, -0.2) is 19.1 Å². The topological polar surface area (TPSA) is 15.3 Å². The van der Waals surface area contributed by atoms with Crippen molar-refractivity contribution in [3.8, 4) is 0 Å². The van der Waals surface area contributed by atoms with Crippen LogP contribution in [0.5, 0.6) is 0 Å². The number of nitrogens with zero attached hydrogens (tertiary/aromatic N) is 1. The molecule has 0 amide bonds. The van der Waals surface area contributed by atoms with E-state index in [1.54, 1.807) is 0 Å². The van der Waals surface area contributed by atoms with Gasteiger partial charge >= 0.3 is 0 Å². The summed E-state index contributed by atoms with van der Waals surface area (Å²) in [6.07, 6.45) is 1.18. The first kappa shape index (κ1) is 15.0. The standard InChI is InChI=1S/C16H28N2/c1-6-12-18(13(3)4)16-11-9-8-10-15(16)14(5)17-7-2/h8-11,13-14,17H,6-7,12H2,1-5H3. The lowest BCUT2D eigenvalue weighted by atomic mass is 10.0. The van der Waals surface area contributed by atoms with Gasteiger partial charge in [0.25, 0.3) is 0 Å². The molecule has 1 aromatic carbocycles. The Labute approximate surface area is 112 Å². The molecule has 1 N–H and O–H groups in total. The molecule has 0 bridgehead atoms. The van der Waals surface area contributed by atoms with Crippen LogP contribution in [0.25, 0.3) is 0 Å². The average molecular weight is 248 g/mol. The van der Waals surface area contributed by atoms with Crippen molar-refractivity contribution < 1.29 is 0 Å². The van der Waals surface area contributed by atoms with Crippen molar-refractivity contribution in [1.82, 2.24) is 5.32 Å². The summed E-state index contributed by atoms with van der Waals surface area (Å²) in [5, 5.41) is 3.51. The Hall–Kier alpha value is -1.02. The molecule has 1 aromatic rings. The molecule has 0 saturated heterocycles. The predicted octanol–water partition coefficient (Wildman–Crippen LogP) is 3.98. The lowest BCUT2D eigenvalue weighted by Crippen LogP contribution is -2.33. The summed E-state index contributed by atoms with van der Waals surface area (Å²) >= 11 is 0. The van der Waals surface area contributed by atoms with Crippen LogP contribution < -0.4 is 10.2 Å². The molecule has 0 aliphatic heterocycles. The first-order chi connectivity index (χ1) is 8.61. The molecule has 1 atom stereocenters. The molecule has 0 aliphatic carbocycles. The average Bonchev–Trinajstić information content (AvgIpc) is 2.36. The molecule has 0 heterocycles. The lowest BCUT2D eigenvalue weighted by molar-refractivity contribution is 0.589. The number of benzene rings is 1. The Morgan fingerprint density at radius 3 is 2.33 bits per heavy atom. The normalized spacial score (nSPS) is 12.8. The molecule has 18 heavy (non-hydrogen) atoms. The van der Waals surface area contributed by atoms with Crippen molar-refractivity contribution in [1.29, 1.82) is 0 Å². The number of anilines is 1. The second kappa shape index (κ2) is 7.42. The number of nitrogens with one attached hydrogen (secondary N) is 1. The minimum absolute atomic E-state index is 0.407. The quantitative estimate of drug-likeness (QED) is 0.785. The summed E-state index contributed by atoms with van der Waals surface area (Å²) in [7, 11) is 0. The van der Waals surface area contributed by atoms with Crippen LogP contribution in [-0.2, 0) is 0 Å².